The summed E-state index contributed by atoms with van der Waals surface area (Å²) in [4.78, 5) is 15.0. The summed E-state index contributed by atoms with van der Waals surface area (Å²) >= 11 is 1.83. The van der Waals surface area contributed by atoms with Crippen LogP contribution in [0.2, 0.25) is 0 Å². The average molecular weight is 720 g/mol. The van der Waals surface area contributed by atoms with Crippen LogP contribution >= 0.6 is 11.3 Å². The van der Waals surface area contributed by atoms with Gasteiger partial charge >= 0.3 is 0 Å². The monoisotopic (exact) mass is 719 g/mol. The van der Waals surface area contributed by atoms with E-state index in [0.717, 1.165) is 33.4 Å². The maximum atomic E-state index is 5.02. The molecule has 256 valence electrons. The molecule has 5 aromatic heterocycles. The topological polar surface area (TPSA) is 48.0 Å². The molecular weight excluding hydrogens is 691 g/mol. The van der Waals surface area contributed by atoms with Crippen molar-refractivity contribution in [3.05, 3.63) is 175 Å². The van der Waals surface area contributed by atoms with Crippen molar-refractivity contribution >= 4 is 70.6 Å². The first-order valence-electron chi connectivity index (χ1n) is 18.4. The fourth-order valence-electron chi connectivity index (χ4n) is 8.52. The van der Waals surface area contributed by atoms with Gasteiger partial charge in [-0.1, -0.05) is 115 Å². The second-order valence-electron chi connectivity index (χ2n) is 14.1. The minimum absolute atomic E-state index is 0.636. The highest BCUT2D eigenvalue weighted by atomic mass is 32.1. The van der Waals surface area contributed by atoms with Crippen LogP contribution in [-0.2, 0) is 0 Å². The predicted octanol–water partition coefficient (Wildman–Crippen LogP) is 12.8. The van der Waals surface area contributed by atoms with E-state index in [0.29, 0.717) is 17.5 Å². The summed E-state index contributed by atoms with van der Waals surface area (Å²) in [5, 5.41) is 8.55. The van der Waals surface area contributed by atoms with Crippen molar-refractivity contribution in [3.63, 3.8) is 0 Å². The zero-order chi connectivity index (χ0) is 36.0. The van der Waals surface area contributed by atoms with Gasteiger partial charge in [-0.2, -0.15) is 0 Å². The fourth-order valence-corrected chi connectivity index (χ4v) is 9.42. The molecule has 0 amide bonds. The van der Waals surface area contributed by atoms with Gasteiger partial charge in [0, 0.05) is 49.3 Å². The second kappa shape index (κ2) is 11.7. The zero-order valence-corrected chi connectivity index (χ0v) is 30.2. The lowest BCUT2D eigenvalue weighted by atomic mass is 9.99. The van der Waals surface area contributed by atoms with Crippen LogP contribution in [-0.4, -0.2) is 23.9 Å². The summed E-state index contributed by atoms with van der Waals surface area (Å²) in [5.74, 6) is 1.93. The van der Waals surface area contributed by atoms with Crippen molar-refractivity contribution in [2.45, 2.75) is 0 Å². The molecule has 0 fully saturated rings. The van der Waals surface area contributed by atoms with Gasteiger partial charge in [0.2, 0.25) is 0 Å². The molecule has 0 radical (unpaired) electrons. The van der Waals surface area contributed by atoms with E-state index in [2.05, 4.69) is 124 Å². The summed E-state index contributed by atoms with van der Waals surface area (Å²) < 4.78 is 6.15. The van der Waals surface area contributed by atoms with Crippen molar-refractivity contribution in [2.75, 3.05) is 0 Å². The molecular formula is C49H29N5S. The Morgan fingerprint density at radius 2 is 0.945 bits per heavy atom. The number of nitrogens with zero attached hydrogens (tertiary/aromatic N) is 5. The fraction of sp³-hybridized carbons (Fsp3) is 0. The van der Waals surface area contributed by atoms with Gasteiger partial charge in [-0.15, -0.1) is 11.3 Å². The van der Waals surface area contributed by atoms with Crippen LogP contribution in [0.15, 0.2) is 175 Å². The van der Waals surface area contributed by atoms with Gasteiger partial charge in [0.15, 0.2) is 17.5 Å². The number of thiophene rings is 1. The van der Waals surface area contributed by atoms with Crippen LogP contribution < -0.4 is 0 Å². The number of fused-ring (bicyclic) bond motifs is 9. The Kier molecular flexibility index (Phi) is 6.44. The molecule has 5 nitrogen and oxygen atoms in total. The highest BCUT2D eigenvalue weighted by Crippen LogP contribution is 2.44. The molecule has 0 N–H and O–H groups in total. The number of rotatable bonds is 5. The van der Waals surface area contributed by atoms with Crippen LogP contribution in [0, 0.1) is 0 Å². The number of aromatic nitrogens is 5. The minimum atomic E-state index is 0.636. The number of para-hydroxylation sites is 2. The summed E-state index contributed by atoms with van der Waals surface area (Å²) in [6.45, 7) is 0. The molecule has 12 aromatic rings. The number of hydrogen-bond acceptors (Lipinski definition) is 4. The molecule has 12 rings (SSSR count). The molecule has 0 aliphatic carbocycles. The van der Waals surface area contributed by atoms with Crippen LogP contribution in [0.4, 0.5) is 0 Å². The molecule has 0 spiro atoms. The van der Waals surface area contributed by atoms with E-state index in [4.69, 9.17) is 15.0 Å². The third-order valence-corrected chi connectivity index (χ3v) is 11.9. The molecule has 5 heterocycles. The first-order valence-corrected chi connectivity index (χ1v) is 19.3. The van der Waals surface area contributed by atoms with Gasteiger partial charge < -0.3 is 8.97 Å². The van der Waals surface area contributed by atoms with Crippen LogP contribution in [0.1, 0.15) is 0 Å². The van der Waals surface area contributed by atoms with Crippen molar-refractivity contribution < 1.29 is 0 Å². The van der Waals surface area contributed by atoms with E-state index in [1.165, 1.54) is 59.3 Å². The van der Waals surface area contributed by atoms with Crippen LogP contribution in [0.25, 0.3) is 110 Å². The summed E-state index contributed by atoms with van der Waals surface area (Å²) in [5.41, 5.74) is 12.5. The Balaban J connectivity index is 1.03. The lowest BCUT2D eigenvalue weighted by Crippen LogP contribution is -2.01. The Bertz CT molecular complexity index is 3370. The van der Waals surface area contributed by atoms with Gasteiger partial charge in [-0.25, -0.2) is 15.0 Å². The first kappa shape index (κ1) is 30.3. The Morgan fingerprint density at radius 3 is 1.69 bits per heavy atom. The van der Waals surface area contributed by atoms with Crippen molar-refractivity contribution in [1.82, 2.24) is 23.9 Å². The maximum Gasteiger partial charge on any atom is 0.164 e. The predicted molar refractivity (Wildman–Crippen MR) is 228 cm³/mol. The van der Waals surface area contributed by atoms with Gasteiger partial charge in [0.05, 0.1) is 32.3 Å². The van der Waals surface area contributed by atoms with E-state index < -0.39 is 0 Å². The van der Waals surface area contributed by atoms with Crippen molar-refractivity contribution in [1.29, 1.82) is 0 Å². The van der Waals surface area contributed by atoms with Crippen LogP contribution in [0.3, 0.4) is 0 Å². The van der Waals surface area contributed by atoms with E-state index >= 15 is 0 Å². The molecule has 0 unspecified atom stereocenters. The molecule has 0 saturated carbocycles. The van der Waals surface area contributed by atoms with E-state index in [1.807, 2.05) is 72.0 Å². The van der Waals surface area contributed by atoms with E-state index in [-0.39, 0.29) is 0 Å². The Hall–Kier alpha value is -7.15. The zero-order valence-electron chi connectivity index (χ0n) is 29.4. The first-order chi connectivity index (χ1) is 27.3. The highest BCUT2D eigenvalue weighted by molar-refractivity contribution is 7.18. The molecule has 0 aliphatic rings. The normalized spacial score (nSPS) is 12.0. The van der Waals surface area contributed by atoms with Crippen LogP contribution in [0.5, 0.6) is 0 Å². The van der Waals surface area contributed by atoms with Gasteiger partial charge in [-0.3, -0.25) is 0 Å². The third kappa shape index (κ3) is 4.55. The number of benzene rings is 7. The van der Waals surface area contributed by atoms with Gasteiger partial charge in [0.25, 0.3) is 0 Å². The Morgan fingerprint density at radius 1 is 0.364 bits per heavy atom. The largest absolute Gasteiger partial charge is 0.309 e. The molecule has 55 heavy (non-hydrogen) atoms. The lowest BCUT2D eigenvalue weighted by molar-refractivity contribution is 1.07. The summed E-state index contributed by atoms with van der Waals surface area (Å²) in [7, 11) is 0. The molecule has 0 saturated heterocycles. The second-order valence-corrected chi connectivity index (χ2v) is 15.0. The molecule has 0 aliphatic heterocycles. The molecule has 7 aromatic carbocycles. The summed E-state index contributed by atoms with van der Waals surface area (Å²) in [6, 6.07) is 60.3. The number of hydrogen-bond donors (Lipinski definition) is 0. The van der Waals surface area contributed by atoms with Crippen molar-refractivity contribution in [3.8, 4) is 51.0 Å². The Labute approximate surface area is 319 Å². The molecule has 6 heteroatoms. The van der Waals surface area contributed by atoms with E-state index in [9.17, 15) is 0 Å². The smallest absolute Gasteiger partial charge is 0.164 e. The quantitative estimate of drug-likeness (QED) is 0.178. The summed E-state index contributed by atoms with van der Waals surface area (Å²) in [6.07, 6.45) is 0. The average Bonchev–Trinajstić information content (AvgIpc) is 4.02. The third-order valence-electron chi connectivity index (χ3n) is 11.0. The molecule has 0 atom stereocenters. The SMILES string of the molecule is c1ccc(-c2nc(-c3ccccc3)nc(-c3cccc(-n4c5ccccc5c5cc(-c6cc7c8ccccc8n8c9ccsc9c(c6)c78)ccc54)c3)n2)cc1. The highest BCUT2D eigenvalue weighted by Gasteiger charge is 2.21. The van der Waals surface area contributed by atoms with Gasteiger partial charge in [0.1, 0.15) is 0 Å². The van der Waals surface area contributed by atoms with Gasteiger partial charge in [-0.05, 0) is 71.1 Å². The van der Waals surface area contributed by atoms with Crippen molar-refractivity contribution in [2.24, 2.45) is 0 Å². The van der Waals surface area contributed by atoms with E-state index in [1.54, 1.807) is 0 Å². The molecule has 0 bridgehead atoms. The standard InChI is InChI=1S/C49H29N5S/c1-3-12-30(13-4-1)47-50-48(31-14-5-2-6-15-31)52-49(51-47)33-16-11-17-35(26-33)53-41-20-9-7-18-36(41)38-27-32(22-23-43(38)53)34-28-39-37-19-8-10-21-42(37)54-44-24-25-55-46(44)40(29-34)45(39)54/h1-29H. The lowest BCUT2D eigenvalue weighted by Gasteiger charge is -2.12. The maximum absolute atomic E-state index is 5.02. The minimum Gasteiger partial charge on any atom is -0.309 e.